The molecule has 0 aliphatic rings. The summed E-state index contributed by atoms with van der Waals surface area (Å²) in [5.74, 6) is 0. The van der Waals surface area contributed by atoms with Gasteiger partial charge in [-0.15, -0.1) is 0 Å². The van der Waals surface area contributed by atoms with Gasteiger partial charge in [-0.05, 0) is 62.1 Å². The van der Waals surface area contributed by atoms with E-state index in [0.29, 0.717) is 0 Å². The van der Waals surface area contributed by atoms with Crippen molar-refractivity contribution in [1.82, 2.24) is 14.1 Å². The summed E-state index contributed by atoms with van der Waals surface area (Å²) in [7, 11) is 0. The van der Waals surface area contributed by atoms with Crippen molar-refractivity contribution in [2.45, 2.75) is 39.8 Å². The van der Waals surface area contributed by atoms with Gasteiger partial charge in [0.05, 0.1) is 17.4 Å². The fourth-order valence-electron chi connectivity index (χ4n) is 4.29. The molecule has 0 fully saturated rings. The Morgan fingerprint density at radius 3 is 2.04 bits per heavy atom. The van der Waals surface area contributed by atoms with Gasteiger partial charge in [0.1, 0.15) is 0 Å². The van der Waals surface area contributed by atoms with E-state index in [1.54, 1.807) is 0 Å². The summed E-state index contributed by atoms with van der Waals surface area (Å²) in [5.41, 5.74) is 7.67. The van der Waals surface area contributed by atoms with Gasteiger partial charge < -0.3 is 9.13 Å². The molecule has 0 radical (unpaired) electrons. The minimum Gasteiger partial charge on any atom is -0.340 e. The predicted octanol–water partition coefficient (Wildman–Crippen LogP) is 6.24. The Kier molecular flexibility index (Phi) is 4.16. The van der Waals surface area contributed by atoms with Gasteiger partial charge in [-0.25, -0.2) is 4.98 Å². The van der Waals surface area contributed by atoms with Gasteiger partial charge in [0.2, 0.25) is 0 Å². The van der Waals surface area contributed by atoms with E-state index in [4.69, 9.17) is 0 Å². The topological polar surface area (TPSA) is 22.8 Å². The Morgan fingerprint density at radius 1 is 0.714 bits per heavy atom. The number of aromatic nitrogens is 3. The van der Waals surface area contributed by atoms with Gasteiger partial charge in [-0.3, -0.25) is 0 Å². The molecule has 0 spiro atoms. The van der Waals surface area contributed by atoms with Crippen LogP contribution in [0.2, 0.25) is 0 Å². The summed E-state index contributed by atoms with van der Waals surface area (Å²) in [6.07, 6.45) is 4.27. The van der Waals surface area contributed by atoms with Crippen LogP contribution < -0.4 is 0 Å². The Morgan fingerprint density at radius 2 is 1.32 bits per heavy atom. The van der Waals surface area contributed by atoms with Crippen LogP contribution in [0, 0.1) is 13.8 Å². The maximum absolute atomic E-state index is 4.59. The molecule has 2 heterocycles. The highest BCUT2D eigenvalue weighted by Gasteiger charge is 2.09. The fraction of sp³-hybridized carbons (Fsp3) is 0.240. The van der Waals surface area contributed by atoms with Crippen LogP contribution in [0.3, 0.4) is 0 Å². The Labute approximate surface area is 165 Å². The first-order chi connectivity index (χ1) is 13.7. The monoisotopic (exact) mass is 367 g/mol. The third-order valence-corrected chi connectivity index (χ3v) is 5.95. The van der Waals surface area contributed by atoms with Crippen molar-refractivity contribution in [2.75, 3.05) is 0 Å². The number of fused-ring (bicyclic) bond motifs is 4. The molecule has 0 unspecified atom stereocenters. The van der Waals surface area contributed by atoms with Gasteiger partial charge in [-0.1, -0.05) is 36.4 Å². The maximum Gasteiger partial charge on any atom is 0.0958 e. The van der Waals surface area contributed by atoms with Gasteiger partial charge >= 0.3 is 0 Å². The second kappa shape index (κ2) is 6.83. The summed E-state index contributed by atoms with van der Waals surface area (Å²) >= 11 is 0. The van der Waals surface area contributed by atoms with Crippen molar-refractivity contribution < 1.29 is 0 Å². The summed E-state index contributed by atoms with van der Waals surface area (Å²) in [5, 5.41) is 2.70. The predicted molar refractivity (Wildman–Crippen MR) is 118 cm³/mol. The number of nitrogens with zero attached hydrogens (tertiary/aromatic N) is 3. The number of para-hydroxylation sites is 2. The molecule has 140 valence electrons. The number of aryl methyl sites for hydroxylation is 4. The molecule has 0 aliphatic carbocycles. The lowest BCUT2D eigenvalue weighted by Gasteiger charge is -2.09. The van der Waals surface area contributed by atoms with E-state index in [2.05, 4.69) is 88.6 Å². The minimum atomic E-state index is 1.01. The molecule has 5 aromatic rings. The van der Waals surface area contributed by atoms with E-state index in [1.165, 1.54) is 38.4 Å². The third-order valence-electron chi connectivity index (χ3n) is 5.95. The van der Waals surface area contributed by atoms with Crippen molar-refractivity contribution >= 4 is 32.8 Å². The van der Waals surface area contributed by atoms with Gasteiger partial charge in [0, 0.05) is 34.9 Å². The molecular formula is C25H25N3. The summed E-state index contributed by atoms with van der Waals surface area (Å²) in [6, 6.07) is 21.9. The molecule has 0 N–H and O–H groups in total. The largest absolute Gasteiger partial charge is 0.340 e. The zero-order chi connectivity index (χ0) is 19.1. The molecule has 0 atom stereocenters. The second-order valence-corrected chi connectivity index (χ2v) is 7.76. The number of rotatable bonds is 5. The number of benzene rings is 3. The van der Waals surface area contributed by atoms with Gasteiger partial charge in [-0.2, -0.15) is 0 Å². The summed E-state index contributed by atoms with van der Waals surface area (Å²) in [4.78, 5) is 4.59. The van der Waals surface area contributed by atoms with Gasteiger partial charge in [0.25, 0.3) is 0 Å². The first kappa shape index (κ1) is 17.1. The van der Waals surface area contributed by atoms with Crippen LogP contribution in [0.15, 0.2) is 67.0 Å². The Hall–Kier alpha value is -3.07. The van der Waals surface area contributed by atoms with Crippen LogP contribution >= 0.6 is 0 Å². The Bertz CT molecular complexity index is 1240. The van der Waals surface area contributed by atoms with Crippen molar-refractivity contribution in [1.29, 1.82) is 0 Å². The van der Waals surface area contributed by atoms with Crippen LogP contribution in [-0.2, 0) is 13.1 Å². The lowest BCUT2D eigenvalue weighted by Crippen LogP contribution is -2.01. The lowest BCUT2D eigenvalue weighted by atomic mass is 10.1. The third kappa shape index (κ3) is 2.78. The molecule has 3 heteroatoms. The molecule has 0 saturated carbocycles. The number of hydrogen-bond acceptors (Lipinski definition) is 1. The molecular weight excluding hydrogens is 342 g/mol. The quantitative estimate of drug-likeness (QED) is 0.337. The van der Waals surface area contributed by atoms with E-state index < -0.39 is 0 Å². The molecule has 0 bridgehead atoms. The maximum atomic E-state index is 4.59. The van der Waals surface area contributed by atoms with Crippen molar-refractivity contribution in [2.24, 2.45) is 0 Å². The molecule has 28 heavy (non-hydrogen) atoms. The Balaban J connectivity index is 1.36. The van der Waals surface area contributed by atoms with E-state index in [0.717, 1.165) is 31.4 Å². The number of unbranched alkanes of at least 4 members (excludes halogenated alkanes) is 1. The molecule has 3 aromatic carbocycles. The number of imidazole rings is 1. The summed E-state index contributed by atoms with van der Waals surface area (Å²) in [6.45, 7) is 6.38. The second-order valence-electron chi connectivity index (χ2n) is 7.76. The first-order valence-corrected chi connectivity index (χ1v) is 10.1. The molecule has 0 aliphatic heterocycles. The van der Waals surface area contributed by atoms with Crippen LogP contribution in [0.4, 0.5) is 0 Å². The van der Waals surface area contributed by atoms with E-state index in [-0.39, 0.29) is 0 Å². The smallest absolute Gasteiger partial charge is 0.0958 e. The standard InChI is InChI=1S/C25H25N3/c1-18-15-22-25(16-19(18)2)27(17-26-22)13-7-8-14-28-23-11-5-3-9-20(23)21-10-4-6-12-24(21)28/h3-6,9-12,15-17H,7-8,13-14H2,1-2H3. The van der Waals surface area contributed by atoms with Crippen LogP contribution in [-0.4, -0.2) is 14.1 Å². The molecule has 5 rings (SSSR count). The van der Waals surface area contributed by atoms with Crippen molar-refractivity contribution in [3.05, 3.63) is 78.1 Å². The molecule has 2 aromatic heterocycles. The average molecular weight is 367 g/mol. The first-order valence-electron chi connectivity index (χ1n) is 10.1. The zero-order valence-corrected chi connectivity index (χ0v) is 16.5. The van der Waals surface area contributed by atoms with Crippen molar-refractivity contribution in [3.8, 4) is 0 Å². The normalized spacial score (nSPS) is 11.8. The lowest BCUT2D eigenvalue weighted by molar-refractivity contribution is 0.574. The molecule has 0 amide bonds. The van der Waals surface area contributed by atoms with Crippen LogP contribution in [0.1, 0.15) is 24.0 Å². The van der Waals surface area contributed by atoms with Crippen LogP contribution in [0.5, 0.6) is 0 Å². The highest BCUT2D eigenvalue weighted by atomic mass is 15.0. The highest BCUT2D eigenvalue weighted by molar-refractivity contribution is 6.07. The van der Waals surface area contributed by atoms with E-state index in [1.807, 2.05) is 6.33 Å². The SMILES string of the molecule is Cc1cc2ncn(CCCCn3c4ccccc4c4ccccc43)c2cc1C. The summed E-state index contributed by atoms with van der Waals surface area (Å²) < 4.78 is 4.78. The zero-order valence-electron chi connectivity index (χ0n) is 16.5. The minimum absolute atomic E-state index is 1.01. The van der Waals surface area contributed by atoms with Crippen molar-refractivity contribution in [3.63, 3.8) is 0 Å². The number of hydrogen-bond donors (Lipinski definition) is 0. The average Bonchev–Trinajstić information content (AvgIpc) is 3.25. The van der Waals surface area contributed by atoms with Gasteiger partial charge in [0.15, 0.2) is 0 Å². The van der Waals surface area contributed by atoms with Crippen LogP contribution in [0.25, 0.3) is 32.8 Å². The molecule has 3 nitrogen and oxygen atoms in total. The molecule has 0 saturated heterocycles. The fourth-order valence-corrected chi connectivity index (χ4v) is 4.29. The van der Waals surface area contributed by atoms with E-state index >= 15 is 0 Å². The van der Waals surface area contributed by atoms with E-state index in [9.17, 15) is 0 Å². The highest BCUT2D eigenvalue weighted by Crippen LogP contribution is 2.29.